The van der Waals surface area contributed by atoms with Crippen LogP contribution < -0.4 is 5.32 Å². The number of nitrogens with one attached hydrogen (secondary N) is 1. The van der Waals surface area contributed by atoms with Gasteiger partial charge in [-0.1, -0.05) is 19.8 Å². The maximum atomic E-state index is 11.9. The number of carbonyl (C=O) groups excluding carboxylic acids is 2. The molecular formula is C15H15NO6. The van der Waals surface area contributed by atoms with E-state index >= 15 is 0 Å². The molecule has 1 aromatic rings. The van der Waals surface area contributed by atoms with Crippen LogP contribution in [0, 0.1) is 0 Å². The number of fused-ring (bicyclic) bond motifs is 1. The molecule has 1 aliphatic rings. The second kappa shape index (κ2) is 5.97. The molecule has 0 aliphatic carbocycles. The highest BCUT2D eigenvalue weighted by molar-refractivity contribution is 6.23. The molecule has 116 valence electrons. The van der Waals surface area contributed by atoms with Crippen molar-refractivity contribution < 1.29 is 29.4 Å². The average Bonchev–Trinajstić information content (AvgIpc) is 2.74. The highest BCUT2D eigenvalue weighted by Gasteiger charge is 2.35. The minimum Gasteiger partial charge on any atom is -0.481 e. The van der Waals surface area contributed by atoms with E-state index in [0.717, 1.165) is 12.5 Å². The Hall–Kier alpha value is -2.70. The molecule has 1 atom stereocenters. The summed E-state index contributed by atoms with van der Waals surface area (Å²) >= 11 is 0. The van der Waals surface area contributed by atoms with Crippen molar-refractivity contribution in [1.82, 2.24) is 5.32 Å². The maximum Gasteiger partial charge on any atom is 0.335 e. The van der Waals surface area contributed by atoms with Gasteiger partial charge in [0.1, 0.15) is 0 Å². The number of carbonyl (C=O) groups is 4. The van der Waals surface area contributed by atoms with Crippen molar-refractivity contribution in [2.45, 2.75) is 32.1 Å². The number of rotatable bonds is 6. The molecule has 2 amide bonds. The molecule has 1 aromatic carbocycles. The third kappa shape index (κ3) is 2.69. The van der Waals surface area contributed by atoms with Gasteiger partial charge in [-0.25, -0.2) is 4.79 Å². The SMILES string of the molecule is CCCCC(C(=O)O)c1cc(C(=O)O)cc2c1C(=O)NC2=O. The molecule has 1 heterocycles. The van der Waals surface area contributed by atoms with Crippen molar-refractivity contribution in [2.75, 3.05) is 0 Å². The van der Waals surface area contributed by atoms with Gasteiger partial charge < -0.3 is 10.2 Å². The quantitative estimate of drug-likeness (QED) is 0.687. The first kappa shape index (κ1) is 15.7. The lowest BCUT2D eigenvalue weighted by molar-refractivity contribution is -0.139. The molecule has 0 saturated heterocycles. The number of hydrogen-bond acceptors (Lipinski definition) is 4. The van der Waals surface area contributed by atoms with Crippen LogP contribution in [0.25, 0.3) is 0 Å². The third-order valence-electron chi connectivity index (χ3n) is 3.63. The van der Waals surface area contributed by atoms with Crippen LogP contribution >= 0.6 is 0 Å². The Balaban J connectivity index is 2.65. The van der Waals surface area contributed by atoms with E-state index in [4.69, 9.17) is 5.11 Å². The molecule has 0 fully saturated rings. The van der Waals surface area contributed by atoms with E-state index in [9.17, 15) is 24.3 Å². The molecule has 1 unspecified atom stereocenters. The van der Waals surface area contributed by atoms with Gasteiger partial charge in [0.2, 0.25) is 0 Å². The molecule has 0 spiro atoms. The van der Waals surface area contributed by atoms with Crippen molar-refractivity contribution in [3.8, 4) is 0 Å². The summed E-state index contributed by atoms with van der Waals surface area (Å²) in [5.74, 6) is -4.84. The first-order valence-corrected chi connectivity index (χ1v) is 6.86. The lowest BCUT2D eigenvalue weighted by atomic mass is 9.87. The number of unbranched alkanes of at least 4 members (excludes halogenated alkanes) is 1. The van der Waals surface area contributed by atoms with Gasteiger partial charge in [-0.05, 0) is 24.1 Å². The van der Waals surface area contributed by atoms with Gasteiger partial charge in [0.05, 0.1) is 22.6 Å². The summed E-state index contributed by atoms with van der Waals surface area (Å²) in [4.78, 5) is 46.3. The van der Waals surface area contributed by atoms with E-state index in [-0.39, 0.29) is 28.7 Å². The summed E-state index contributed by atoms with van der Waals surface area (Å²) in [6.45, 7) is 1.90. The van der Waals surface area contributed by atoms with Crippen LogP contribution in [-0.2, 0) is 4.79 Å². The normalized spacial score (nSPS) is 14.4. The van der Waals surface area contributed by atoms with E-state index in [2.05, 4.69) is 5.32 Å². The number of carboxylic acid groups (broad SMARTS) is 2. The van der Waals surface area contributed by atoms with Gasteiger partial charge in [-0.15, -0.1) is 0 Å². The molecule has 22 heavy (non-hydrogen) atoms. The number of amides is 2. The molecule has 0 saturated carbocycles. The van der Waals surface area contributed by atoms with Crippen LogP contribution in [0.1, 0.15) is 68.7 Å². The van der Waals surface area contributed by atoms with Crippen molar-refractivity contribution in [2.24, 2.45) is 0 Å². The predicted molar refractivity (Wildman–Crippen MR) is 75.1 cm³/mol. The Morgan fingerprint density at radius 2 is 1.86 bits per heavy atom. The van der Waals surface area contributed by atoms with E-state index in [1.807, 2.05) is 6.92 Å². The summed E-state index contributed by atoms with van der Waals surface area (Å²) in [6, 6.07) is 2.27. The second-order valence-electron chi connectivity index (χ2n) is 5.11. The van der Waals surface area contributed by atoms with Crippen LogP contribution in [0.2, 0.25) is 0 Å². The van der Waals surface area contributed by atoms with Crippen LogP contribution in [0.4, 0.5) is 0 Å². The molecule has 7 heteroatoms. The first-order valence-electron chi connectivity index (χ1n) is 6.86. The van der Waals surface area contributed by atoms with Gasteiger partial charge >= 0.3 is 11.9 Å². The summed E-state index contributed by atoms with van der Waals surface area (Å²) < 4.78 is 0. The zero-order valence-electron chi connectivity index (χ0n) is 11.9. The molecular weight excluding hydrogens is 290 g/mol. The fraction of sp³-hybridized carbons (Fsp3) is 0.333. The van der Waals surface area contributed by atoms with Crippen molar-refractivity contribution in [1.29, 1.82) is 0 Å². The fourth-order valence-corrected chi connectivity index (χ4v) is 2.55. The Morgan fingerprint density at radius 1 is 1.18 bits per heavy atom. The van der Waals surface area contributed by atoms with Gasteiger partial charge in [-0.3, -0.25) is 19.7 Å². The molecule has 1 aliphatic heterocycles. The smallest absolute Gasteiger partial charge is 0.335 e. The van der Waals surface area contributed by atoms with Crippen molar-refractivity contribution >= 4 is 23.8 Å². The predicted octanol–water partition coefficient (Wildman–Crippen LogP) is 1.63. The summed E-state index contributed by atoms with van der Waals surface area (Å²) in [5, 5.41) is 20.6. The summed E-state index contributed by atoms with van der Waals surface area (Å²) in [6.07, 6.45) is 1.64. The Bertz CT molecular complexity index is 679. The minimum absolute atomic E-state index is 0.0292. The van der Waals surface area contributed by atoms with E-state index in [0.29, 0.717) is 6.42 Å². The second-order valence-corrected chi connectivity index (χ2v) is 5.11. The minimum atomic E-state index is -1.28. The zero-order valence-corrected chi connectivity index (χ0v) is 11.9. The number of hydrogen-bond donors (Lipinski definition) is 3. The Labute approximate surface area is 125 Å². The third-order valence-corrected chi connectivity index (χ3v) is 3.63. The van der Waals surface area contributed by atoms with E-state index in [1.54, 1.807) is 0 Å². The van der Waals surface area contributed by atoms with E-state index in [1.165, 1.54) is 6.07 Å². The first-order chi connectivity index (χ1) is 10.4. The number of imide groups is 1. The van der Waals surface area contributed by atoms with E-state index < -0.39 is 29.7 Å². The zero-order chi connectivity index (χ0) is 16.4. The maximum absolute atomic E-state index is 11.9. The number of aromatic carboxylic acids is 1. The molecule has 0 bridgehead atoms. The van der Waals surface area contributed by atoms with Crippen molar-refractivity contribution in [3.05, 3.63) is 34.4 Å². The Morgan fingerprint density at radius 3 is 2.41 bits per heavy atom. The molecule has 2 rings (SSSR count). The molecule has 0 aromatic heterocycles. The van der Waals surface area contributed by atoms with Gasteiger partial charge in [-0.2, -0.15) is 0 Å². The Kier molecular flexibility index (Phi) is 4.25. The molecule has 0 radical (unpaired) electrons. The summed E-state index contributed by atoms with van der Waals surface area (Å²) in [7, 11) is 0. The fourth-order valence-electron chi connectivity index (χ4n) is 2.55. The molecule has 3 N–H and O–H groups in total. The highest BCUT2D eigenvalue weighted by atomic mass is 16.4. The average molecular weight is 305 g/mol. The van der Waals surface area contributed by atoms with Crippen LogP contribution in [-0.4, -0.2) is 34.0 Å². The standard InChI is InChI=1S/C15H15NO6/c1-2-3-4-8(15(21)22)9-5-7(14(19)20)6-10-11(9)13(18)16-12(10)17/h5-6,8H,2-4H2,1H3,(H,19,20)(H,21,22)(H,16,17,18). The number of carboxylic acids is 2. The number of benzene rings is 1. The largest absolute Gasteiger partial charge is 0.481 e. The lowest BCUT2D eigenvalue weighted by Gasteiger charge is -2.15. The van der Waals surface area contributed by atoms with Crippen LogP contribution in [0.3, 0.4) is 0 Å². The monoisotopic (exact) mass is 305 g/mol. The molecule has 7 nitrogen and oxygen atoms in total. The van der Waals surface area contributed by atoms with Crippen LogP contribution in [0.15, 0.2) is 12.1 Å². The topological polar surface area (TPSA) is 121 Å². The van der Waals surface area contributed by atoms with Crippen LogP contribution in [0.5, 0.6) is 0 Å². The number of aliphatic carboxylic acids is 1. The van der Waals surface area contributed by atoms with Crippen molar-refractivity contribution in [3.63, 3.8) is 0 Å². The summed E-state index contributed by atoms with van der Waals surface area (Å²) in [5.41, 5.74) is -0.235. The highest BCUT2D eigenvalue weighted by Crippen LogP contribution is 2.31. The van der Waals surface area contributed by atoms with Gasteiger partial charge in [0.15, 0.2) is 0 Å². The van der Waals surface area contributed by atoms with Gasteiger partial charge in [0, 0.05) is 0 Å². The lowest BCUT2D eigenvalue weighted by Crippen LogP contribution is -2.21. The van der Waals surface area contributed by atoms with Gasteiger partial charge in [0.25, 0.3) is 11.8 Å².